The first-order valence-corrected chi connectivity index (χ1v) is 6.78. The highest BCUT2D eigenvalue weighted by Gasteiger charge is 2.26. The Balaban J connectivity index is 2.20. The summed E-state index contributed by atoms with van der Waals surface area (Å²) in [5, 5.41) is 13.5. The van der Waals surface area contributed by atoms with Gasteiger partial charge in [0.25, 0.3) is 0 Å². The van der Waals surface area contributed by atoms with E-state index in [4.69, 9.17) is 0 Å². The van der Waals surface area contributed by atoms with Gasteiger partial charge in [0.1, 0.15) is 5.82 Å². The minimum atomic E-state index is -0.359. The van der Waals surface area contributed by atoms with Crippen LogP contribution in [0.5, 0.6) is 0 Å². The molecular weight excluding hydrogens is 238 g/mol. The Labute approximate surface area is 104 Å². The number of hydrogen-bond acceptors (Lipinski definition) is 6. The molecule has 1 aromatic rings. The highest BCUT2D eigenvalue weighted by atomic mass is 32.2. The zero-order valence-corrected chi connectivity index (χ0v) is 10.4. The summed E-state index contributed by atoms with van der Waals surface area (Å²) in [7, 11) is 0. The number of aliphatic hydroxyl groups is 1. The Morgan fingerprint density at radius 3 is 3.00 bits per heavy atom. The number of carbonyl (C=O) groups is 1. The van der Waals surface area contributed by atoms with Crippen molar-refractivity contribution in [2.75, 3.05) is 11.6 Å². The summed E-state index contributed by atoms with van der Waals surface area (Å²) in [5.41, 5.74) is 0.432. The molecule has 2 rings (SSSR count). The van der Waals surface area contributed by atoms with E-state index in [-0.39, 0.29) is 12.1 Å². The van der Waals surface area contributed by atoms with Crippen LogP contribution < -0.4 is 5.32 Å². The molecule has 17 heavy (non-hydrogen) atoms. The van der Waals surface area contributed by atoms with Crippen LogP contribution in [0.3, 0.4) is 0 Å². The molecule has 0 aromatic carbocycles. The lowest BCUT2D eigenvalue weighted by Gasteiger charge is -2.18. The van der Waals surface area contributed by atoms with Crippen LogP contribution in [0.25, 0.3) is 0 Å². The van der Waals surface area contributed by atoms with Crippen molar-refractivity contribution in [3.05, 3.63) is 11.8 Å². The van der Waals surface area contributed by atoms with Crippen molar-refractivity contribution < 1.29 is 9.90 Å². The van der Waals surface area contributed by atoms with Gasteiger partial charge in [-0.1, -0.05) is 11.8 Å². The van der Waals surface area contributed by atoms with Crippen molar-refractivity contribution in [1.29, 1.82) is 0 Å². The SMILES string of the molecule is CSc1ncc(C=O)c(N[C@H]2CCC[C@H]2O)n1. The van der Waals surface area contributed by atoms with Crippen LogP contribution >= 0.6 is 11.8 Å². The Morgan fingerprint density at radius 1 is 1.59 bits per heavy atom. The maximum Gasteiger partial charge on any atom is 0.189 e. The Hall–Kier alpha value is -1.14. The third-order valence-electron chi connectivity index (χ3n) is 2.91. The van der Waals surface area contributed by atoms with E-state index in [1.54, 1.807) is 0 Å². The van der Waals surface area contributed by atoms with Gasteiger partial charge in [0, 0.05) is 6.20 Å². The normalized spacial score (nSPS) is 23.6. The summed E-state index contributed by atoms with van der Waals surface area (Å²) in [6, 6.07) is -0.0155. The third kappa shape index (κ3) is 2.76. The van der Waals surface area contributed by atoms with Gasteiger partial charge < -0.3 is 10.4 Å². The first-order chi connectivity index (χ1) is 8.24. The Morgan fingerprint density at radius 2 is 2.41 bits per heavy atom. The molecule has 1 heterocycles. The molecule has 92 valence electrons. The molecule has 0 aliphatic heterocycles. The average molecular weight is 253 g/mol. The van der Waals surface area contributed by atoms with Crippen LogP contribution in [-0.2, 0) is 0 Å². The number of aldehydes is 1. The Bertz CT molecular complexity index is 414. The second kappa shape index (κ2) is 5.46. The molecule has 1 fully saturated rings. The zero-order chi connectivity index (χ0) is 12.3. The summed E-state index contributed by atoms with van der Waals surface area (Å²) in [4.78, 5) is 19.2. The van der Waals surface area contributed by atoms with Gasteiger partial charge >= 0.3 is 0 Å². The molecule has 0 spiro atoms. The number of hydrogen-bond donors (Lipinski definition) is 2. The van der Waals surface area contributed by atoms with Crippen LogP contribution in [0.2, 0.25) is 0 Å². The molecule has 1 aliphatic rings. The lowest BCUT2D eigenvalue weighted by atomic mass is 10.2. The summed E-state index contributed by atoms with van der Waals surface area (Å²) >= 11 is 1.42. The molecule has 1 aromatic heterocycles. The fourth-order valence-electron chi connectivity index (χ4n) is 1.96. The van der Waals surface area contributed by atoms with Gasteiger partial charge in [0.05, 0.1) is 17.7 Å². The molecule has 0 saturated heterocycles. The Kier molecular flexibility index (Phi) is 3.96. The van der Waals surface area contributed by atoms with E-state index in [0.717, 1.165) is 25.5 Å². The molecule has 6 heteroatoms. The smallest absolute Gasteiger partial charge is 0.189 e. The first-order valence-electron chi connectivity index (χ1n) is 5.55. The number of anilines is 1. The molecule has 1 saturated carbocycles. The van der Waals surface area contributed by atoms with E-state index < -0.39 is 0 Å². The number of nitrogens with one attached hydrogen (secondary N) is 1. The van der Waals surface area contributed by atoms with Gasteiger partial charge in [-0.3, -0.25) is 4.79 Å². The number of aliphatic hydroxyl groups excluding tert-OH is 1. The van der Waals surface area contributed by atoms with Crippen molar-refractivity contribution in [3.8, 4) is 0 Å². The van der Waals surface area contributed by atoms with Crippen LogP contribution in [0.15, 0.2) is 11.4 Å². The van der Waals surface area contributed by atoms with Gasteiger partial charge in [0.2, 0.25) is 0 Å². The van der Waals surface area contributed by atoms with Crippen LogP contribution in [0.4, 0.5) is 5.82 Å². The molecule has 2 N–H and O–H groups in total. The number of rotatable bonds is 4. The molecule has 2 atom stereocenters. The summed E-state index contributed by atoms with van der Waals surface area (Å²) in [6.07, 6.45) is 6.46. The van der Waals surface area contributed by atoms with Gasteiger partial charge in [-0.25, -0.2) is 9.97 Å². The average Bonchev–Trinajstić information content (AvgIpc) is 2.75. The largest absolute Gasteiger partial charge is 0.391 e. The lowest BCUT2D eigenvalue weighted by molar-refractivity contribution is 0.112. The van der Waals surface area contributed by atoms with Gasteiger partial charge in [0.15, 0.2) is 11.4 Å². The molecule has 0 bridgehead atoms. The maximum atomic E-state index is 10.9. The van der Waals surface area contributed by atoms with Crippen molar-refractivity contribution in [3.63, 3.8) is 0 Å². The number of thioether (sulfide) groups is 1. The van der Waals surface area contributed by atoms with E-state index in [9.17, 15) is 9.90 Å². The van der Waals surface area contributed by atoms with E-state index in [2.05, 4.69) is 15.3 Å². The highest BCUT2D eigenvalue weighted by molar-refractivity contribution is 7.98. The van der Waals surface area contributed by atoms with Gasteiger partial charge in [-0.05, 0) is 25.5 Å². The van der Waals surface area contributed by atoms with Crippen molar-refractivity contribution >= 4 is 23.9 Å². The number of aromatic nitrogens is 2. The van der Waals surface area contributed by atoms with Crippen LogP contribution in [0, 0.1) is 0 Å². The third-order valence-corrected chi connectivity index (χ3v) is 3.47. The quantitative estimate of drug-likeness (QED) is 0.479. The first kappa shape index (κ1) is 12.3. The molecule has 0 radical (unpaired) electrons. The standard InChI is InChI=1S/C11H15N3O2S/c1-17-11-12-5-7(6-15)10(14-11)13-8-3-2-4-9(8)16/h5-6,8-9,16H,2-4H2,1H3,(H,12,13,14)/t8-,9+/m0/s1. The van der Waals surface area contributed by atoms with Crippen molar-refractivity contribution in [1.82, 2.24) is 9.97 Å². The van der Waals surface area contributed by atoms with E-state index in [1.807, 2.05) is 6.26 Å². The van der Waals surface area contributed by atoms with E-state index >= 15 is 0 Å². The fraction of sp³-hybridized carbons (Fsp3) is 0.545. The van der Waals surface area contributed by atoms with Gasteiger partial charge in [-0.2, -0.15) is 0 Å². The second-order valence-electron chi connectivity index (χ2n) is 4.03. The second-order valence-corrected chi connectivity index (χ2v) is 4.80. The van der Waals surface area contributed by atoms with Gasteiger partial charge in [-0.15, -0.1) is 0 Å². The summed E-state index contributed by atoms with van der Waals surface area (Å²) in [6.45, 7) is 0. The van der Waals surface area contributed by atoms with E-state index in [1.165, 1.54) is 18.0 Å². The predicted octanol–water partition coefficient (Wildman–Crippen LogP) is 1.34. The lowest BCUT2D eigenvalue weighted by Crippen LogP contribution is -2.29. The molecular formula is C11H15N3O2S. The summed E-state index contributed by atoms with van der Waals surface area (Å²) in [5.74, 6) is 0.519. The van der Waals surface area contributed by atoms with Crippen LogP contribution in [0.1, 0.15) is 29.6 Å². The molecule has 0 amide bonds. The molecule has 1 aliphatic carbocycles. The molecule has 0 unspecified atom stereocenters. The predicted molar refractivity (Wildman–Crippen MR) is 66.5 cm³/mol. The topological polar surface area (TPSA) is 75.1 Å². The fourth-order valence-corrected chi connectivity index (χ4v) is 2.30. The maximum absolute atomic E-state index is 10.9. The van der Waals surface area contributed by atoms with Crippen LogP contribution in [-0.4, -0.2) is 39.8 Å². The zero-order valence-electron chi connectivity index (χ0n) is 9.59. The minimum absolute atomic E-state index is 0.0155. The monoisotopic (exact) mass is 253 g/mol. The molecule has 5 nitrogen and oxygen atoms in total. The number of carbonyl (C=O) groups excluding carboxylic acids is 1. The van der Waals surface area contributed by atoms with Crippen molar-refractivity contribution in [2.45, 2.75) is 36.6 Å². The number of nitrogens with zero attached hydrogens (tertiary/aromatic N) is 2. The van der Waals surface area contributed by atoms with Crippen molar-refractivity contribution in [2.24, 2.45) is 0 Å². The highest BCUT2D eigenvalue weighted by Crippen LogP contribution is 2.24. The summed E-state index contributed by atoms with van der Waals surface area (Å²) < 4.78 is 0. The van der Waals surface area contributed by atoms with E-state index in [0.29, 0.717) is 16.5 Å². The minimum Gasteiger partial charge on any atom is -0.391 e.